The highest BCUT2D eigenvalue weighted by Crippen LogP contribution is 2.25. The molecule has 0 bridgehead atoms. The lowest BCUT2D eigenvalue weighted by molar-refractivity contribution is 0.253. The third-order valence-corrected chi connectivity index (χ3v) is 3.95. The Kier molecular flexibility index (Phi) is 4.80. The van der Waals surface area contributed by atoms with Crippen molar-refractivity contribution in [2.75, 3.05) is 19.4 Å². The molecule has 2 nitrogen and oxygen atoms in total. The Hall–Kier alpha value is -1.80. The zero-order valence-corrected chi connectivity index (χ0v) is 12.9. The van der Waals surface area contributed by atoms with Crippen LogP contribution in [0.1, 0.15) is 29.7 Å². The van der Waals surface area contributed by atoms with Gasteiger partial charge in [-0.05, 0) is 43.7 Å². The molecule has 0 saturated heterocycles. The summed E-state index contributed by atoms with van der Waals surface area (Å²) >= 11 is 0. The Morgan fingerprint density at radius 1 is 1.10 bits per heavy atom. The van der Waals surface area contributed by atoms with Crippen LogP contribution < -0.4 is 5.32 Å². The van der Waals surface area contributed by atoms with Gasteiger partial charge in [0.25, 0.3) is 0 Å². The summed E-state index contributed by atoms with van der Waals surface area (Å²) < 4.78 is 0. The van der Waals surface area contributed by atoms with Gasteiger partial charge in [-0.1, -0.05) is 42.5 Å². The lowest BCUT2D eigenvalue weighted by Gasteiger charge is -2.26. The Bertz CT molecular complexity index is 549. The quantitative estimate of drug-likeness (QED) is 0.873. The minimum atomic E-state index is 0.392. The molecule has 2 rings (SSSR count). The molecule has 0 amide bonds. The van der Waals surface area contributed by atoms with E-state index in [0.29, 0.717) is 6.04 Å². The predicted molar refractivity (Wildman–Crippen MR) is 87.0 cm³/mol. The van der Waals surface area contributed by atoms with Crippen LogP contribution >= 0.6 is 0 Å². The molecule has 0 aliphatic carbocycles. The lowest BCUT2D eigenvalue weighted by atomic mass is 10.0. The topological polar surface area (TPSA) is 15.3 Å². The average molecular weight is 268 g/mol. The van der Waals surface area contributed by atoms with Gasteiger partial charge in [0, 0.05) is 25.3 Å². The van der Waals surface area contributed by atoms with Crippen LogP contribution in [0.25, 0.3) is 0 Å². The first-order valence-corrected chi connectivity index (χ1v) is 7.14. The van der Waals surface area contributed by atoms with Gasteiger partial charge < -0.3 is 5.32 Å². The third kappa shape index (κ3) is 3.40. The summed E-state index contributed by atoms with van der Waals surface area (Å²) in [5, 5.41) is 3.26. The van der Waals surface area contributed by atoms with Gasteiger partial charge in [-0.15, -0.1) is 0 Å². The fourth-order valence-corrected chi connectivity index (χ4v) is 2.43. The lowest BCUT2D eigenvalue weighted by Crippen LogP contribution is -2.22. The van der Waals surface area contributed by atoms with Gasteiger partial charge in [0.05, 0.1) is 0 Å². The fraction of sp³-hybridized carbons (Fsp3) is 0.333. The van der Waals surface area contributed by atoms with Crippen LogP contribution in [0.4, 0.5) is 5.69 Å². The molecule has 0 aliphatic rings. The Labute approximate surface area is 122 Å². The zero-order chi connectivity index (χ0) is 14.5. The van der Waals surface area contributed by atoms with Crippen LogP contribution in [-0.4, -0.2) is 19.0 Å². The van der Waals surface area contributed by atoms with Crippen LogP contribution in [0.3, 0.4) is 0 Å². The van der Waals surface area contributed by atoms with Crippen molar-refractivity contribution in [3.8, 4) is 0 Å². The molecule has 1 unspecified atom stereocenters. The van der Waals surface area contributed by atoms with Crippen LogP contribution in [0.2, 0.25) is 0 Å². The Morgan fingerprint density at radius 2 is 1.80 bits per heavy atom. The van der Waals surface area contributed by atoms with Crippen molar-refractivity contribution in [3.05, 3.63) is 65.2 Å². The van der Waals surface area contributed by atoms with E-state index in [0.717, 1.165) is 6.54 Å². The molecule has 0 fully saturated rings. The molecule has 2 aromatic rings. The second kappa shape index (κ2) is 6.58. The summed E-state index contributed by atoms with van der Waals surface area (Å²) in [6.07, 6.45) is 0. The van der Waals surface area contributed by atoms with Gasteiger partial charge in [-0.2, -0.15) is 0 Å². The standard InChI is InChI=1S/C18H24N2/c1-14-10-11-17(12-18(14)19-3)15(2)20(4)13-16-8-6-5-7-9-16/h5-12,15,19H,13H2,1-4H3. The van der Waals surface area contributed by atoms with Crippen molar-refractivity contribution in [3.63, 3.8) is 0 Å². The second-order valence-electron chi connectivity index (χ2n) is 5.40. The number of nitrogens with one attached hydrogen (secondary N) is 1. The first kappa shape index (κ1) is 14.6. The van der Waals surface area contributed by atoms with Gasteiger partial charge in [0.1, 0.15) is 0 Å². The maximum atomic E-state index is 3.26. The van der Waals surface area contributed by atoms with E-state index in [2.05, 4.69) is 79.6 Å². The van der Waals surface area contributed by atoms with Gasteiger partial charge in [-0.3, -0.25) is 4.90 Å². The summed E-state index contributed by atoms with van der Waals surface area (Å²) in [7, 11) is 4.15. The largest absolute Gasteiger partial charge is 0.388 e. The number of aryl methyl sites for hydroxylation is 1. The molecule has 20 heavy (non-hydrogen) atoms. The highest BCUT2D eigenvalue weighted by atomic mass is 15.1. The highest BCUT2D eigenvalue weighted by Gasteiger charge is 2.13. The van der Waals surface area contributed by atoms with Crippen LogP contribution in [0, 0.1) is 6.92 Å². The highest BCUT2D eigenvalue weighted by molar-refractivity contribution is 5.52. The number of anilines is 1. The summed E-state index contributed by atoms with van der Waals surface area (Å²) in [6, 6.07) is 17.7. The molecular weight excluding hydrogens is 244 g/mol. The van der Waals surface area contributed by atoms with E-state index in [-0.39, 0.29) is 0 Å². The number of rotatable bonds is 5. The summed E-state index contributed by atoms with van der Waals surface area (Å²) in [6.45, 7) is 5.35. The minimum Gasteiger partial charge on any atom is -0.388 e. The zero-order valence-electron chi connectivity index (χ0n) is 12.9. The molecule has 1 atom stereocenters. The summed E-state index contributed by atoms with van der Waals surface area (Å²) in [5.74, 6) is 0. The van der Waals surface area contributed by atoms with Crippen molar-refractivity contribution in [2.45, 2.75) is 26.4 Å². The molecule has 0 spiro atoms. The predicted octanol–water partition coefficient (Wildman–Crippen LogP) is 4.23. The van der Waals surface area contributed by atoms with Crippen molar-refractivity contribution < 1.29 is 0 Å². The molecule has 0 heterocycles. The van der Waals surface area contributed by atoms with E-state index in [1.165, 1.54) is 22.4 Å². The Morgan fingerprint density at radius 3 is 2.45 bits per heavy atom. The van der Waals surface area contributed by atoms with E-state index in [1.54, 1.807) is 0 Å². The van der Waals surface area contributed by atoms with Crippen molar-refractivity contribution in [2.24, 2.45) is 0 Å². The van der Waals surface area contributed by atoms with Gasteiger partial charge in [0.2, 0.25) is 0 Å². The van der Waals surface area contributed by atoms with Crippen LogP contribution in [0.15, 0.2) is 48.5 Å². The van der Waals surface area contributed by atoms with Gasteiger partial charge in [-0.25, -0.2) is 0 Å². The van der Waals surface area contributed by atoms with Crippen molar-refractivity contribution in [1.29, 1.82) is 0 Å². The first-order valence-electron chi connectivity index (χ1n) is 7.14. The Balaban J connectivity index is 2.12. The molecule has 0 saturated carbocycles. The summed E-state index contributed by atoms with van der Waals surface area (Å²) in [5.41, 5.74) is 5.19. The van der Waals surface area contributed by atoms with Crippen LogP contribution in [0.5, 0.6) is 0 Å². The van der Waals surface area contributed by atoms with Gasteiger partial charge in [0.15, 0.2) is 0 Å². The number of benzene rings is 2. The maximum absolute atomic E-state index is 3.26. The number of nitrogens with zero attached hydrogens (tertiary/aromatic N) is 1. The smallest absolute Gasteiger partial charge is 0.0370 e. The third-order valence-electron chi connectivity index (χ3n) is 3.95. The molecule has 0 aromatic heterocycles. The maximum Gasteiger partial charge on any atom is 0.0370 e. The molecule has 2 aromatic carbocycles. The van der Waals surface area contributed by atoms with E-state index in [4.69, 9.17) is 0 Å². The SMILES string of the molecule is CNc1cc(C(C)N(C)Cc2ccccc2)ccc1C. The molecule has 2 heteroatoms. The van der Waals surface area contributed by atoms with Gasteiger partial charge >= 0.3 is 0 Å². The van der Waals surface area contributed by atoms with E-state index in [1.807, 2.05) is 7.05 Å². The summed E-state index contributed by atoms with van der Waals surface area (Å²) in [4.78, 5) is 2.37. The molecule has 0 radical (unpaired) electrons. The number of hydrogen-bond donors (Lipinski definition) is 1. The van der Waals surface area contributed by atoms with Crippen LogP contribution in [-0.2, 0) is 6.54 Å². The minimum absolute atomic E-state index is 0.392. The first-order chi connectivity index (χ1) is 9.61. The second-order valence-corrected chi connectivity index (χ2v) is 5.40. The van der Waals surface area contributed by atoms with E-state index < -0.39 is 0 Å². The monoisotopic (exact) mass is 268 g/mol. The molecule has 0 aliphatic heterocycles. The van der Waals surface area contributed by atoms with Crippen molar-refractivity contribution in [1.82, 2.24) is 4.90 Å². The van der Waals surface area contributed by atoms with E-state index in [9.17, 15) is 0 Å². The fourth-order valence-electron chi connectivity index (χ4n) is 2.43. The van der Waals surface area contributed by atoms with Crippen molar-refractivity contribution >= 4 is 5.69 Å². The van der Waals surface area contributed by atoms with E-state index >= 15 is 0 Å². The molecule has 1 N–H and O–H groups in total. The molecular formula is C18H24N2. The normalized spacial score (nSPS) is 12.4. The molecule has 106 valence electrons. The number of hydrogen-bond acceptors (Lipinski definition) is 2. The average Bonchev–Trinajstić information content (AvgIpc) is 2.48.